The second-order valence-corrected chi connectivity index (χ2v) is 7.59. The van der Waals surface area contributed by atoms with Crippen LogP contribution in [0.5, 0.6) is 0 Å². The van der Waals surface area contributed by atoms with Crippen LogP contribution in [-0.2, 0) is 23.9 Å². The van der Waals surface area contributed by atoms with Crippen LogP contribution in [-0.4, -0.2) is 29.0 Å². The molecule has 0 aliphatic carbocycles. The predicted octanol–water partition coefficient (Wildman–Crippen LogP) is 2.08. The van der Waals surface area contributed by atoms with Crippen LogP contribution < -0.4 is 5.32 Å². The summed E-state index contributed by atoms with van der Waals surface area (Å²) < 4.78 is 10.7. The fraction of sp³-hybridized carbons (Fsp3) is 0.688. The van der Waals surface area contributed by atoms with Crippen LogP contribution in [0.15, 0.2) is 12.3 Å². The van der Waals surface area contributed by atoms with Gasteiger partial charge in [0.05, 0.1) is 6.42 Å². The molecule has 1 saturated heterocycles. The van der Waals surface area contributed by atoms with Crippen molar-refractivity contribution in [1.29, 1.82) is 0 Å². The molecule has 0 spiro atoms. The molecule has 0 radical (unpaired) electrons. The van der Waals surface area contributed by atoms with Crippen LogP contribution in [0, 0.1) is 5.41 Å². The minimum Gasteiger partial charge on any atom is -0.459 e. The number of hydrogen-bond donors (Lipinski definition) is 1. The summed E-state index contributed by atoms with van der Waals surface area (Å²) in [7, 11) is 0. The fourth-order valence-corrected chi connectivity index (χ4v) is 2.11. The highest BCUT2D eigenvalue weighted by molar-refractivity contribution is 6.05. The zero-order chi connectivity index (χ0) is 17.3. The molecule has 0 aromatic rings. The summed E-state index contributed by atoms with van der Waals surface area (Å²) in [5, 5.41) is 2.52. The number of hydrogen-bond acceptors (Lipinski definition) is 5. The Hall–Kier alpha value is -1.85. The maximum absolute atomic E-state index is 12.6. The molecule has 0 aromatic heterocycles. The molecule has 0 saturated carbocycles. The number of nitrogens with one attached hydrogen (secondary N) is 1. The van der Waals surface area contributed by atoms with Gasteiger partial charge in [-0.05, 0) is 41.5 Å². The summed E-state index contributed by atoms with van der Waals surface area (Å²) in [6, 6.07) is 0. The SMILES string of the molecule is C=C1CC(C(=O)OC(C)(C)C)(C(=O)OC(C)(C)C)CC(=O)N1. The van der Waals surface area contributed by atoms with Gasteiger partial charge in [-0.1, -0.05) is 6.58 Å². The first-order valence-electron chi connectivity index (χ1n) is 7.20. The number of allylic oxidation sites excluding steroid dienone is 1. The van der Waals surface area contributed by atoms with Crippen molar-refractivity contribution in [3.8, 4) is 0 Å². The second-order valence-electron chi connectivity index (χ2n) is 7.59. The summed E-state index contributed by atoms with van der Waals surface area (Å²) >= 11 is 0. The predicted molar refractivity (Wildman–Crippen MR) is 80.6 cm³/mol. The number of esters is 2. The van der Waals surface area contributed by atoms with Crippen LogP contribution in [0.3, 0.4) is 0 Å². The van der Waals surface area contributed by atoms with Gasteiger partial charge in [-0.25, -0.2) is 0 Å². The van der Waals surface area contributed by atoms with E-state index in [0.29, 0.717) is 5.70 Å². The Kier molecular flexibility index (Phi) is 4.75. The van der Waals surface area contributed by atoms with Gasteiger partial charge < -0.3 is 14.8 Å². The molecule has 1 aliphatic heterocycles. The number of piperidine rings is 1. The Bertz CT molecular complexity index is 462. The maximum Gasteiger partial charge on any atom is 0.324 e. The standard InChI is InChI=1S/C16H25NO5/c1-10-8-16(9-11(18)17-10,12(19)21-14(2,3)4)13(20)22-15(5,6)7/h1,8-9H2,2-7H3,(H,17,18). The minimum absolute atomic E-state index is 0.0252. The lowest BCUT2D eigenvalue weighted by molar-refractivity contribution is -0.188. The number of carbonyl (C=O) groups is 3. The van der Waals surface area contributed by atoms with Gasteiger partial charge in [0.25, 0.3) is 0 Å². The van der Waals surface area contributed by atoms with Gasteiger partial charge >= 0.3 is 11.9 Å². The van der Waals surface area contributed by atoms with Gasteiger partial charge in [0.1, 0.15) is 11.2 Å². The molecule has 22 heavy (non-hydrogen) atoms. The number of ether oxygens (including phenoxy) is 2. The topological polar surface area (TPSA) is 81.7 Å². The van der Waals surface area contributed by atoms with Crippen molar-refractivity contribution in [2.24, 2.45) is 5.41 Å². The van der Waals surface area contributed by atoms with Gasteiger partial charge in [0.15, 0.2) is 5.41 Å². The lowest BCUT2D eigenvalue weighted by Crippen LogP contribution is -2.52. The van der Waals surface area contributed by atoms with Gasteiger partial charge in [-0.3, -0.25) is 14.4 Å². The molecular formula is C16H25NO5. The molecule has 1 aliphatic rings. The molecule has 1 heterocycles. The molecular weight excluding hydrogens is 286 g/mol. The summed E-state index contributed by atoms with van der Waals surface area (Å²) in [6.45, 7) is 13.9. The first-order chi connectivity index (χ1) is 9.75. The zero-order valence-electron chi connectivity index (χ0n) is 14.2. The smallest absolute Gasteiger partial charge is 0.324 e. The molecule has 0 unspecified atom stereocenters. The van der Waals surface area contributed by atoms with Crippen LogP contribution in [0.4, 0.5) is 0 Å². The van der Waals surface area contributed by atoms with E-state index in [2.05, 4.69) is 11.9 Å². The molecule has 1 amide bonds. The van der Waals surface area contributed by atoms with E-state index in [1.54, 1.807) is 41.5 Å². The third kappa shape index (κ3) is 4.58. The van der Waals surface area contributed by atoms with E-state index in [9.17, 15) is 14.4 Å². The summed E-state index contributed by atoms with van der Waals surface area (Å²) in [6.07, 6.45) is -0.335. The lowest BCUT2D eigenvalue weighted by Gasteiger charge is -2.37. The molecule has 1 rings (SSSR count). The Morgan fingerprint density at radius 3 is 1.73 bits per heavy atom. The Morgan fingerprint density at radius 1 is 1.00 bits per heavy atom. The summed E-state index contributed by atoms with van der Waals surface area (Å²) in [4.78, 5) is 37.1. The summed E-state index contributed by atoms with van der Waals surface area (Å²) in [5.74, 6) is -1.97. The third-order valence-corrected chi connectivity index (χ3v) is 2.87. The monoisotopic (exact) mass is 311 g/mol. The minimum atomic E-state index is -1.68. The van der Waals surface area contributed by atoms with Gasteiger partial charge in [0, 0.05) is 12.1 Å². The largest absolute Gasteiger partial charge is 0.459 e. The van der Waals surface area contributed by atoms with Crippen LogP contribution in [0.2, 0.25) is 0 Å². The molecule has 1 fully saturated rings. The van der Waals surface area contributed by atoms with Crippen LogP contribution in [0.1, 0.15) is 54.4 Å². The van der Waals surface area contributed by atoms with Crippen LogP contribution >= 0.6 is 0 Å². The molecule has 1 N–H and O–H groups in total. The Morgan fingerprint density at radius 2 is 1.41 bits per heavy atom. The van der Waals surface area contributed by atoms with Gasteiger partial charge in [0.2, 0.25) is 5.91 Å². The zero-order valence-corrected chi connectivity index (χ0v) is 14.2. The van der Waals surface area contributed by atoms with Crippen molar-refractivity contribution in [3.63, 3.8) is 0 Å². The Labute approximate surface area is 131 Å². The normalized spacial score (nSPS) is 18.5. The quantitative estimate of drug-likeness (QED) is 0.623. The highest BCUT2D eigenvalue weighted by Crippen LogP contribution is 2.38. The number of carbonyl (C=O) groups excluding carboxylic acids is 3. The summed E-state index contributed by atoms with van der Waals surface area (Å²) in [5.41, 5.74) is -2.93. The Balaban J connectivity index is 3.20. The average Bonchev–Trinajstić information content (AvgIpc) is 2.22. The molecule has 0 atom stereocenters. The van der Waals surface area contributed by atoms with Gasteiger partial charge in [-0.2, -0.15) is 0 Å². The van der Waals surface area contributed by atoms with Crippen molar-refractivity contribution in [3.05, 3.63) is 12.3 Å². The first kappa shape index (κ1) is 18.2. The fourth-order valence-electron chi connectivity index (χ4n) is 2.11. The average molecular weight is 311 g/mol. The lowest BCUT2D eigenvalue weighted by atomic mass is 9.77. The van der Waals surface area contributed by atoms with E-state index in [1.165, 1.54) is 0 Å². The van der Waals surface area contributed by atoms with E-state index in [1.807, 2.05) is 0 Å². The number of rotatable bonds is 2. The highest BCUT2D eigenvalue weighted by atomic mass is 16.6. The van der Waals surface area contributed by atoms with E-state index in [4.69, 9.17) is 9.47 Å². The molecule has 0 aromatic carbocycles. The molecule has 6 heteroatoms. The second kappa shape index (κ2) is 5.74. The van der Waals surface area contributed by atoms with Crippen molar-refractivity contribution in [1.82, 2.24) is 5.32 Å². The maximum atomic E-state index is 12.6. The van der Waals surface area contributed by atoms with E-state index < -0.39 is 34.5 Å². The van der Waals surface area contributed by atoms with Crippen molar-refractivity contribution in [2.75, 3.05) is 0 Å². The molecule has 0 bridgehead atoms. The molecule has 6 nitrogen and oxygen atoms in total. The van der Waals surface area contributed by atoms with Crippen molar-refractivity contribution < 1.29 is 23.9 Å². The molecule has 124 valence electrons. The van der Waals surface area contributed by atoms with Crippen molar-refractivity contribution >= 4 is 17.8 Å². The van der Waals surface area contributed by atoms with Gasteiger partial charge in [-0.15, -0.1) is 0 Å². The van der Waals surface area contributed by atoms with E-state index in [-0.39, 0.29) is 12.8 Å². The number of amides is 1. The van der Waals surface area contributed by atoms with Crippen molar-refractivity contribution in [2.45, 2.75) is 65.6 Å². The van der Waals surface area contributed by atoms with Crippen LogP contribution in [0.25, 0.3) is 0 Å². The first-order valence-corrected chi connectivity index (χ1v) is 7.20. The van der Waals surface area contributed by atoms with E-state index >= 15 is 0 Å². The highest BCUT2D eigenvalue weighted by Gasteiger charge is 2.54. The third-order valence-electron chi connectivity index (χ3n) is 2.87. The van der Waals surface area contributed by atoms with E-state index in [0.717, 1.165) is 0 Å².